The van der Waals surface area contributed by atoms with Gasteiger partial charge in [0.2, 0.25) is 0 Å². The fraction of sp³-hybridized carbons (Fsp3) is 0.250. The highest BCUT2D eigenvalue weighted by Crippen LogP contribution is 2.02. The lowest BCUT2D eigenvalue weighted by atomic mass is 10.8. The molecule has 0 N–H and O–H groups in total. The van der Waals surface area contributed by atoms with Crippen LogP contribution in [0.4, 0.5) is 0 Å². The zero-order valence-corrected chi connectivity index (χ0v) is 5.44. The van der Waals surface area contributed by atoms with Gasteiger partial charge in [0.15, 0.2) is 0 Å². The molecule has 3 heteroatoms. The molecule has 0 amide bonds. The first kappa shape index (κ1) is 4.84. The van der Waals surface area contributed by atoms with Crippen molar-refractivity contribution in [3.05, 3.63) is 16.9 Å². The fourth-order valence-electron chi connectivity index (χ4n) is 0.350. The number of aryl methyl sites for hydroxylation is 1. The van der Waals surface area contributed by atoms with Gasteiger partial charge in [-0.25, -0.2) is 0 Å². The van der Waals surface area contributed by atoms with Gasteiger partial charge in [-0.1, -0.05) is 0 Å². The Kier molecular flexibility index (Phi) is 1.15. The van der Waals surface area contributed by atoms with E-state index >= 15 is 0 Å². The van der Waals surface area contributed by atoms with Crippen molar-refractivity contribution in [2.24, 2.45) is 7.05 Å². The van der Waals surface area contributed by atoms with Gasteiger partial charge in [-0.15, -0.1) is 0 Å². The normalized spacial score (nSPS) is 9.43. The second-order valence-electron chi connectivity index (χ2n) is 1.23. The largest absolute Gasteiger partial charge is 0.265 e. The molecule has 0 saturated heterocycles. The summed E-state index contributed by atoms with van der Waals surface area (Å²) >= 11 is 3.19. The van der Waals surface area contributed by atoms with Gasteiger partial charge in [-0.2, -0.15) is 5.10 Å². The highest BCUT2D eigenvalue weighted by molar-refractivity contribution is 9.10. The molecule has 2 nitrogen and oxygen atoms in total. The molecular formula is C4H4BrN2. The number of nitrogens with zero attached hydrogens (tertiary/aromatic N) is 2. The number of rotatable bonds is 0. The SMILES string of the molecule is Cn1[c]c(Br)cn1. The lowest BCUT2D eigenvalue weighted by molar-refractivity contribution is 0.761. The molecule has 7 heavy (non-hydrogen) atoms. The van der Waals surface area contributed by atoms with Crippen LogP contribution in [0.15, 0.2) is 10.7 Å². The third-order valence-electron chi connectivity index (χ3n) is 0.613. The highest BCUT2D eigenvalue weighted by Gasteiger charge is 1.85. The Hall–Kier alpha value is -0.310. The van der Waals surface area contributed by atoms with Crippen LogP contribution < -0.4 is 0 Å². The number of hydrogen-bond donors (Lipinski definition) is 0. The molecule has 0 aliphatic heterocycles. The van der Waals surface area contributed by atoms with E-state index in [9.17, 15) is 0 Å². The van der Waals surface area contributed by atoms with E-state index in [2.05, 4.69) is 27.2 Å². The van der Waals surface area contributed by atoms with Crippen LogP contribution in [0.25, 0.3) is 0 Å². The van der Waals surface area contributed by atoms with E-state index in [0.29, 0.717) is 0 Å². The number of aromatic nitrogens is 2. The smallest absolute Gasteiger partial charge is 0.101 e. The Morgan fingerprint density at radius 3 is 2.86 bits per heavy atom. The molecule has 0 aromatic carbocycles. The molecule has 0 saturated carbocycles. The van der Waals surface area contributed by atoms with Crippen molar-refractivity contribution in [1.82, 2.24) is 9.78 Å². The minimum Gasteiger partial charge on any atom is -0.265 e. The molecule has 0 bridgehead atoms. The summed E-state index contributed by atoms with van der Waals surface area (Å²) in [7, 11) is 1.82. The minimum atomic E-state index is 0.898. The second kappa shape index (κ2) is 1.66. The zero-order valence-electron chi connectivity index (χ0n) is 3.85. The summed E-state index contributed by atoms with van der Waals surface area (Å²) in [6.45, 7) is 0. The van der Waals surface area contributed by atoms with Gasteiger partial charge in [0.25, 0.3) is 0 Å². The first-order valence-electron chi connectivity index (χ1n) is 1.86. The molecule has 1 aromatic heterocycles. The van der Waals surface area contributed by atoms with E-state index in [-0.39, 0.29) is 0 Å². The van der Waals surface area contributed by atoms with Crippen molar-refractivity contribution in [3.63, 3.8) is 0 Å². The monoisotopic (exact) mass is 159 g/mol. The molecular weight excluding hydrogens is 156 g/mol. The molecule has 1 rings (SSSR count). The van der Waals surface area contributed by atoms with Gasteiger partial charge in [-0.3, -0.25) is 4.68 Å². The molecule has 1 heterocycles. The van der Waals surface area contributed by atoms with Crippen LogP contribution in [-0.4, -0.2) is 9.78 Å². The predicted molar refractivity (Wildman–Crippen MR) is 29.7 cm³/mol. The molecule has 1 radical (unpaired) electrons. The van der Waals surface area contributed by atoms with Crippen molar-refractivity contribution in [1.29, 1.82) is 0 Å². The van der Waals surface area contributed by atoms with Crippen molar-refractivity contribution >= 4 is 15.9 Å². The van der Waals surface area contributed by atoms with E-state index in [4.69, 9.17) is 0 Å². The van der Waals surface area contributed by atoms with E-state index in [1.807, 2.05) is 7.05 Å². The van der Waals surface area contributed by atoms with E-state index in [1.165, 1.54) is 0 Å². The van der Waals surface area contributed by atoms with Crippen molar-refractivity contribution in [2.75, 3.05) is 0 Å². The molecule has 0 aliphatic carbocycles. The Morgan fingerprint density at radius 1 is 2.00 bits per heavy atom. The summed E-state index contributed by atoms with van der Waals surface area (Å²) < 4.78 is 2.51. The van der Waals surface area contributed by atoms with Crippen LogP contribution in [0.3, 0.4) is 0 Å². The Labute approximate surface area is 50.3 Å². The minimum absolute atomic E-state index is 0.898. The van der Waals surface area contributed by atoms with Crippen LogP contribution in [-0.2, 0) is 7.05 Å². The van der Waals surface area contributed by atoms with Crippen LogP contribution in [0, 0.1) is 6.20 Å². The maximum absolute atomic E-state index is 3.83. The summed E-state index contributed by atoms with van der Waals surface area (Å²) in [6.07, 6.45) is 4.56. The molecule has 0 spiro atoms. The van der Waals surface area contributed by atoms with E-state index < -0.39 is 0 Å². The summed E-state index contributed by atoms with van der Waals surface area (Å²) in [6, 6.07) is 0. The third-order valence-corrected chi connectivity index (χ3v) is 0.995. The zero-order chi connectivity index (χ0) is 5.28. The standard InChI is InChI=1S/C4H4BrN2/c1-7-3-4(5)2-6-7/h2H,1H3. The van der Waals surface area contributed by atoms with Gasteiger partial charge in [-0.05, 0) is 15.9 Å². The number of hydrogen-bond acceptors (Lipinski definition) is 1. The molecule has 0 aliphatic rings. The van der Waals surface area contributed by atoms with Gasteiger partial charge in [0, 0.05) is 7.05 Å². The van der Waals surface area contributed by atoms with Gasteiger partial charge >= 0.3 is 0 Å². The van der Waals surface area contributed by atoms with Crippen LogP contribution in [0.2, 0.25) is 0 Å². The fourth-order valence-corrected chi connectivity index (χ4v) is 0.698. The van der Waals surface area contributed by atoms with Crippen molar-refractivity contribution in [3.8, 4) is 0 Å². The van der Waals surface area contributed by atoms with Crippen LogP contribution in [0.5, 0.6) is 0 Å². The van der Waals surface area contributed by atoms with Crippen molar-refractivity contribution in [2.45, 2.75) is 0 Å². The quantitative estimate of drug-likeness (QED) is 0.553. The Balaban J connectivity index is 3.04. The number of halogens is 1. The summed E-state index contributed by atoms with van der Waals surface area (Å²) in [5, 5.41) is 3.83. The Bertz CT molecular complexity index is 142. The molecule has 1 aromatic rings. The van der Waals surface area contributed by atoms with E-state index in [0.717, 1.165) is 4.47 Å². The summed E-state index contributed by atoms with van der Waals surface area (Å²) in [5.74, 6) is 0. The average molecular weight is 160 g/mol. The van der Waals surface area contributed by atoms with Crippen molar-refractivity contribution < 1.29 is 0 Å². The van der Waals surface area contributed by atoms with Crippen LogP contribution in [0.1, 0.15) is 0 Å². The maximum Gasteiger partial charge on any atom is 0.101 e. The molecule has 0 unspecified atom stereocenters. The van der Waals surface area contributed by atoms with Gasteiger partial charge in [0.05, 0.1) is 10.7 Å². The first-order chi connectivity index (χ1) is 3.29. The Morgan fingerprint density at radius 2 is 2.71 bits per heavy atom. The topological polar surface area (TPSA) is 17.8 Å². The lowest BCUT2D eigenvalue weighted by Gasteiger charge is -1.76. The van der Waals surface area contributed by atoms with Gasteiger partial charge in [0.1, 0.15) is 6.20 Å². The molecule has 0 fully saturated rings. The average Bonchev–Trinajstić information content (AvgIpc) is 1.87. The highest BCUT2D eigenvalue weighted by atomic mass is 79.9. The molecule has 37 valence electrons. The van der Waals surface area contributed by atoms with Crippen LogP contribution >= 0.6 is 15.9 Å². The second-order valence-corrected chi connectivity index (χ2v) is 2.08. The predicted octanol–water partition coefficient (Wildman–Crippen LogP) is 0.983. The third kappa shape index (κ3) is 1.03. The van der Waals surface area contributed by atoms with Gasteiger partial charge < -0.3 is 0 Å². The first-order valence-corrected chi connectivity index (χ1v) is 2.65. The lowest BCUT2D eigenvalue weighted by Crippen LogP contribution is -1.84. The summed E-state index contributed by atoms with van der Waals surface area (Å²) in [4.78, 5) is 0. The summed E-state index contributed by atoms with van der Waals surface area (Å²) in [5.41, 5.74) is 0. The maximum atomic E-state index is 3.83. The van der Waals surface area contributed by atoms with E-state index in [1.54, 1.807) is 10.9 Å². The molecule has 0 atom stereocenters.